The smallest absolute Gasteiger partial charge is 0.253 e. The van der Waals surface area contributed by atoms with Gasteiger partial charge in [-0.25, -0.2) is 5.01 Å². The van der Waals surface area contributed by atoms with Crippen molar-refractivity contribution >= 4 is 23.4 Å². The van der Waals surface area contributed by atoms with E-state index in [0.29, 0.717) is 46.9 Å². The zero-order chi connectivity index (χ0) is 21.9. The van der Waals surface area contributed by atoms with Crippen LogP contribution in [0.2, 0.25) is 0 Å². The molecule has 0 saturated carbocycles. The molecule has 0 N–H and O–H groups in total. The summed E-state index contributed by atoms with van der Waals surface area (Å²) >= 11 is 1.28. The lowest BCUT2D eigenvalue weighted by atomic mass is 10.1. The van der Waals surface area contributed by atoms with E-state index in [1.165, 1.54) is 16.8 Å². The van der Waals surface area contributed by atoms with E-state index in [1.54, 1.807) is 43.1 Å². The summed E-state index contributed by atoms with van der Waals surface area (Å²) in [5, 5.41) is 15.1. The summed E-state index contributed by atoms with van der Waals surface area (Å²) in [4.78, 5) is 13.2. The van der Waals surface area contributed by atoms with E-state index in [9.17, 15) is 4.79 Å². The highest BCUT2D eigenvalue weighted by Crippen LogP contribution is 2.34. The number of amides is 1. The number of thioether (sulfide) groups is 1. The second-order valence-electron chi connectivity index (χ2n) is 6.97. The zero-order valence-corrected chi connectivity index (χ0v) is 17.8. The number of furan rings is 3. The first-order chi connectivity index (χ1) is 15.7. The van der Waals surface area contributed by atoms with Crippen molar-refractivity contribution in [2.75, 3.05) is 5.75 Å². The van der Waals surface area contributed by atoms with Crippen LogP contribution in [0.25, 0.3) is 11.6 Å². The molecule has 0 radical (unpaired) electrons. The number of nitrogens with zero attached hydrogens (tertiary/aromatic N) is 5. The summed E-state index contributed by atoms with van der Waals surface area (Å²) in [5.41, 5.74) is 0.699. The van der Waals surface area contributed by atoms with Gasteiger partial charge in [0.15, 0.2) is 10.9 Å². The Balaban J connectivity index is 1.36. The fourth-order valence-electron chi connectivity index (χ4n) is 3.50. The third kappa shape index (κ3) is 3.80. The van der Waals surface area contributed by atoms with Gasteiger partial charge in [-0.3, -0.25) is 9.36 Å². The number of allylic oxidation sites excluding steroid dienone is 1. The predicted octanol–water partition coefficient (Wildman–Crippen LogP) is 4.38. The van der Waals surface area contributed by atoms with Crippen molar-refractivity contribution in [1.29, 1.82) is 0 Å². The van der Waals surface area contributed by atoms with Crippen molar-refractivity contribution in [2.45, 2.75) is 24.2 Å². The molecule has 1 aliphatic rings. The average molecular weight is 449 g/mol. The Morgan fingerprint density at radius 1 is 1.09 bits per heavy atom. The van der Waals surface area contributed by atoms with Crippen molar-refractivity contribution in [1.82, 2.24) is 19.8 Å². The van der Waals surface area contributed by atoms with Crippen LogP contribution in [0.5, 0.6) is 0 Å². The standard InChI is InChI=1S/C22H19N5O4S/c1-2-9-26-21(19-8-5-12-31-19)23-24-22(26)32-14-20(28)27-16(18-7-4-11-30-18)13-15(25-27)17-6-3-10-29-17/h2-8,10-12,16H,1,9,13-14H2. The molecule has 0 saturated heterocycles. The lowest BCUT2D eigenvalue weighted by molar-refractivity contribution is -0.130. The first-order valence-corrected chi connectivity index (χ1v) is 10.9. The molecule has 32 heavy (non-hydrogen) atoms. The lowest BCUT2D eigenvalue weighted by Crippen LogP contribution is -2.28. The largest absolute Gasteiger partial charge is 0.467 e. The Hall–Kier alpha value is -3.79. The molecule has 1 aliphatic heterocycles. The number of rotatable bonds is 8. The Labute approximate surface area is 187 Å². The first-order valence-electron chi connectivity index (χ1n) is 9.92. The third-order valence-electron chi connectivity index (χ3n) is 4.94. The number of hydrogen-bond acceptors (Lipinski definition) is 8. The Bertz CT molecular complexity index is 1230. The van der Waals surface area contributed by atoms with Gasteiger partial charge in [0.25, 0.3) is 5.91 Å². The highest BCUT2D eigenvalue weighted by Gasteiger charge is 2.35. The maximum atomic E-state index is 13.2. The van der Waals surface area contributed by atoms with Crippen molar-refractivity contribution in [3.63, 3.8) is 0 Å². The molecule has 0 fully saturated rings. The number of hydrazone groups is 1. The molecule has 4 aromatic heterocycles. The van der Waals surface area contributed by atoms with Gasteiger partial charge < -0.3 is 13.3 Å². The van der Waals surface area contributed by atoms with E-state index >= 15 is 0 Å². The Kier molecular flexibility index (Phi) is 5.51. The van der Waals surface area contributed by atoms with Crippen LogP contribution in [-0.2, 0) is 11.3 Å². The molecule has 5 heterocycles. The second kappa shape index (κ2) is 8.75. The molecular weight excluding hydrogens is 430 g/mol. The van der Waals surface area contributed by atoms with Gasteiger partial charge in [0, 0.05) is 13.0 Å². The minimum absolute atomic E-state index is 0.125. The molecule has 9 nitrogen and oxygen atoms in total. The molecule has 4 aromatic rings. The second-order valence-corrected chi connectivity index (χ2v) is 7.91. The normalized spacial score (nSPS) is 15.8. The van der Waals surface area contributed by atoms with E-state index in [1.807, 2.05) is 22.8 Å². The fourth-order valence-corrected chi connectivity index (χ4v) is 4.30. The molecule has 1 unspecified atom stereocenters. The maximum Gasteiger partial charge on any atom is 0.253 e. The van der Waals surface area contributed by atoms with Gasteiger partial charge in [-0.15, -0.1) is 16.8 Å². The molecule has 1 amide bonds. The van der Waals surface area contributed by atoms with E-state index in [2.05, 4.69) is 21.9 Å². The zero-order valence-electron chi connectivity index (χ0n) is 17.0. The van der Waals surface area contributed by atoms with E-state index in [-0.39, 0.29) is 17.7 Å². The summed E-state index contributed by atoms with van der Waals surface area (Å²) in [6.45, 7) is 4.29. The molecular formula is C22H19N5O4S. The van der Waals surface area contributed by atoms with Crippen molar-refractivity contribution in [3.05, 3.63) is 79.4 Å². The lowest BCUT2D eigenvalue weighted by Gasteiger charge is -2.19. The van der Waals surface area contributed by atoms with Gasteiger partial charge >= 0.3 is 0 Å². The number of aromatic nitrogens is 3. The minimum Gasteiger partial charge on any atom is -0.467 e. The minimum atomic E-state index is -0.331. The third-order valence-corrected chi connectivity index (χ3v) is 5.89. The molecule has 0 bridgehead atoms. The predicted molar refractivity (Wildman–Crippen MR) is 117 cm³/mol. The van der Waals surface area contributed by atoms with Crippen molar-refractivity contribution < 1.29 is 18.0 Å². The SMILES string of the molecule is C=CCn1c(SCC(=O)N2N=C(c3ccco3)CC2c2ccco2)nnc1-c1ccco1. The Morgan fingerprint density at radius 3 is 2.53 bits per heavy atom. The quantitative estimate of drug-likeness (QED) is 0.290. The van der Waals surface area contributed by atoms with E-state index < -0.39 is 0 Å². The van der Waals surface area contributed by atoms with Crippen LogP contribution in [0.15, 0.2) is 91.4 Å². The molecule has 0 aliphatic carbocycles. The molecule has 0 aromatic carbocycles. The van der Waals surface area contributed by atoms with E-state index in [4.69, 9.17) is 13.3 Å². The summed E-state index contributed by atoms with van der Waals surface area (Å²) in [5.74, 6) is 2.44. The van der Waals surface area contributed by atoms with Gasteiger partial charge in [0.05, 0.1) is 24.5 Å². The molecule has 10 heteroatoms. The number of carbonyl (C=O) groups is 1. The Morgan fingerprint density at radius 2 is 1.84 bits per heavy atom. The van der Waals surface area contributed by atoms with Crippen molar-refractivity contribution in [2.24, 2.45) is 5.10 Å². The average Bonchev–Trinajstić information content (AvgIpc) is 3.61. The van der Waals surface area contributed by atoms with Crippen molar-refractivity contribution in [3.8, 4) is 11.6 Å². The van der Waals surface area contributed by atoms with Crippen LogP contribution < -0.4 is 0 Å². The summed E-state index contributed by atoms with van der Waals surface area (Å²) < 4.78 is 18.4. The summed E-state index contributed by atoms with van der Waals surface area (Å²) in [6, 6.07) is 10.5. The molecule has 162 valence electrons. The highest BCUT2D eigenvalue weighted by molar-refractivity contribution is 7.99. The first kappa shape index (κ1) is 20.1. The van der Waals surface area contributed by atoms with Gasteiger partial charge in [0.2, 0.25) is 5.82 Å². The molecule has 5 rings (SSSR count). The molecule has 0 spiro atoms. The van der Waals surface area contributed by atoms with Gasteiger partial charge in [-0.05, 0) is 36.4 Å². The van der Waals surface area contributed by atoms with Gasteiger partial charge in [0.1, 0.15) is 23.3 Å². The van der Waals surface area contributed by atoms with Crippen LogP contribution in [0, 0.1) is 0 Å². The van der Waals surface area contributed by atoms with Crippen LogP contribution in [0.4, 0.5) is 0 Å². The maximum absolute atomic E-state index is 13.2. The summed E-state index contributed by atoms with van der Waals surface area (Å²) in [7, 11) is 0. The fraction of sp³-hybridized carbons (Fsp3) is 0.182. The van der Waals surface area contributed by atoms with Gasteiger partial charge in [-0.2, -0.15) is 5.10 Å². The van der Waals surface area contributed by atoms with E-state index in [0.717, 1.165) is 0 Å². The van der Waals surface area contributed by atoms with Crippen LogP contribution in [0.3, 0.4) is 0 Å². The van der Waals surface area contributed by atoms with Crippen LogP contribution in [0.1, 0.15) is 24.0 Å². The number of hydrogen-bond donors (Lipinski definition) is 0. The van der Waals surface area contributed by atoms with Crippen LogP contribution in [-0.4, -0.2) is 37.1 Å². The number of carbonyl (C=O) groups excluding carboxylic acids is 1. The summed E-state index contributed by atoms with van der Waals surface area (Å²) in [6.07, 6.45) is 7.01. The monoisotopic (exact) mass is 449 g/mol. The molecule has 1 atom stereocenters. The van der Waals surface area contributed by atoms with Gasteiger partial charge in [-0.1, -0.05) is 17.8 Å². The highest BCUT2D eigenvalue weighted by atomic mass is 32.2. The topological polar surface area (TPSA) is 103 Å². The van der Waals surface area contributed by atoms with Crippen LogP contribution >= 0.6 is 11.8 Å².